The van der Waals surface area contributed by atoms with Crippen LogP contribution in [0, 0.1) is 3.57 Å². The largest absolute Gasteiger partial charge is 0.361 e. The van der Waals surface area contributed by atoms with Gasteiger partial charge in [-0.25, -0.2) is 0 Å². The first-order chi connectivity index (χ1) is 10.3. The molecule has 0 spiro atoms. The Bertz CT molecular complexity index is 585. The summed E-state index contributed by atoms with van der Waals surface area (Å²) in [6.45, 7) is 4.33. The normalized spacial score (nSPS) is 22.3. The number of rotatable bonds is 3. The molecule has 0 bridgehead atoms. The molecule has 0 aliphatic carbocycles. The van der Waals surface area contributed by atoms with Gasteiger partial charge in [-0.3, -0.25) is 0 Å². The van der Waals surface area contributed by atoms with Gasteiger partial charge < -0.3 is 10.2 Å². The standard InChI is InChI=1S/C18H21IN2/c1-2-15-13-21(17-11-7-6-10-16(17)19)18(12-20-15)14-8-4-3-5-9-14/h3-11,15,18,20H,2,12-13H2,1H3. The Hall–Kier alpha value is -1.07. The third-order valence-electron chi connectivity index (χ3n) is 4.23. The molecule has 1 aliphatic rings. The first kappa shape index (κ1) is 14.9. The predicted molar refractivity (Wildman–Crippen MR) is 97.8 cm³/mol. The van der Waals surface area contributed by atoms with Crippen LogP contribution in [0.4, 0.5) is 5.69 Å². The minimum atomic E-state index is 0.407. The summed E-state index contributed by atoms with van der Waals surface area (Å²) in [5, 5.41) is 3.69. The van der Waals surface area contributed by atoms with Gasteiger partial charge in [0.15, 0.2) is 0 Å². The fourth-order valence-electron chi connectivity index (χ4n) is 3.02. The van der Waals surface area contributed by atoms with E-state index in [1.807, 2.05) is 0 Å². The molecule has 0 radical (unpaired) electrons. The number of hydrogen-bond acceptors (Lipinski definition) is 2. The van der Waals surface area contributed by atoms with Crippen LogP contribution in [0.15, 0.2) is 54.6 Å². The molecule has 2 nitrogen and oxygen atoms in total. The molecule has 1 saturated heterocycles. The van der Waals surface area contributed by atoms with Crippen molar-refractivity contribution in [1.29, 1.82) is 0 Å². The van der Waals surface area contributed by atoms with Crippen molar-refractivity contribution in [2.45, 2.75) is 25.4 Å². The molecule has 0 aromatic heterocycles. The van der Waals surface area contributed by atoms with Crippen molar-refractivity contribution >= 4 is 28.3 Å². The lowest BCUT2D eigenvalue weighted by Crippen LogP contribution is -2.52. The van der Waals surface area contributed by atoms with Crippen LogP contribution in [-0.2, 0) is 0 Å². The van der Waals surface area contributed by atoms with Crippen molar-refractivity contribution in [3.8, 4) is 0 Å². The number of benzene rings is 2. The molecule has 3 rings (SSSR count). The Morgan fingerprint density at radius 2 is 1.81 bits per heavy atom. The zero-order chi connectivity index (χ0) is 14.7. The molecule has 1 N–H and O–H groups in total. The van der Waals surface area contributed by atoms with Gasteiger partial charge in [-0.15, -0.1) is 0 Å². The summed E-state index contributed by atoms with van der Waals surface area (Å²) in [5.74, 6) is 0. The third kappa shape index (κ3) is 3.24. The van der Waals surface area contributed by atoms with E-state index >= 15 is 0 Å². The van der Waals surface area contributed by atoms with E-state index in [1.165, 1.54) is 21.2 Å². The molecule has 2 aromatic rings. The third-order valence-corrected chi connectivity index (χ3v) is 5.14. The van der Waals surface area contributed by atoms with E-state index < -0.39 is 0 Å². The van der Waals surface area contributed by atoms with E-state index in [2.05, 4.69) is 94.3 Å². The highest BCUT2D eigenvalue weighted by atomic mass is 127. The average Bonchev–Trinajstić information content (AvgIpc) is 2.55. The Balaban J connectivity index is 1.96. The van der Waals surface area contributed by atoms with Gasteiger partial charge in [0.1, 0.15) is 0 Å². The van der Waals surface area contributed by atoms with E-state index in [0.29, 0.717) is 12.1 Å². The van der Waals surface area contributed by atoms with Gasteiger partial charge in [-0.2, -0.15) is 0 Å². The number of nitrogens with one attached hydrogen (secondary N) is 1. The van der Waals surface area contributed by atoms with Crippen LogP contribution in [0.3, 0.4) is 0 Å². The summed E-state index contributed by atoms with van der Waals surface area (Å²) in [7, 11) is 0. The first-order valence-electron chi connectivity index (χ1n) is 7.59. The minimum Gasteiger partial charge on any atom is -0.361 e. The van der Waals surface area contributed by atoms with E-state index in [-0.39, 0.29) is 0 Å². The van der Waals surface area contributed by atoms with Gasteiger partial charge in [-0.1, -0.05) is 49.4 Å². The number of halogens is 1. The Labute approximate surface area is 140 Å². The lowest BCUT2D eigenvalue weighted by Gasteiger charge is -2.42. The molecule has 3 heteroatoms. The summed E-state index contributed by atoms with van der Waals surface area (Å²) in [5.41, 5.74) is 2.74. The summed E-state index contributed by atoms with van der Waals surface area (Å²) < 4.78 is 1.33. The van der Waals surface area contributed by atoms with E-state index in [0.717, 1.165) is 13.1 Å². The smallest absolute Gasteiger partial charge is 0.0668 e. The zero-order valence-electron chi connectivity index (χ0n) is 12.3. The van der Waals surface area contributed by atoms with Gasteiger partial charge in [0.25, 0.3) is 0 Å². The monoisotopic (exact) mass is 392 g/mol. The summed E-state index contributed by atoms with van der Waals surface area (Å²) >= 11 is 2.45. The van der Waals surface area contributed by atoms with Crippen LogP contribution >= 0.6 is 22.6 Å². The van der Waals surface area contributed by atoms with E-state index in [4.69, 9.17) is 0 Å². The number of anilines is 1. The maximum absolute atomic E-state index is 3.69. The van der Waals surface area contributed by atoms with Crippen LogP contribution in [0.5, 0.6) is 0 Å². The second-order valence-electron chi connectivity index (χ2n) is 5.54. The Kier molecular flexibility index (Phi) is 4.80. The van der Waals surface area contributed by atoms with Crippen molar-refractivity contribution in [2.75, 3.05) is 18.0 Å². The highest BCUT2D eigenvalue weighted by molar-refractivity contribution is 14.1. The van der Waals surface area contributed by atoms with Crippen molar-refractivity contribution in [3.63, 3.8) is 0 Å². The van der Waals surface area contributed by atoms with Gasteiger partial charge in [0, 0.05) is 22.7 Å². The number of nitrogens with zero attached hydrogens (tertiary/aromatic N) is 1. The molecule has 2 unspecified atom stereocenters. The lowest BCUT2D eigenvalue weighted by molar-refractivity contribution is 0.389. The molecule has 1 heterocycles. The van der Waals surface area contributed by atoms with Crippen LogP contribution < -0.4 is 10.2 Å². The highest BCUT2D eigenvalue weighted by Crippen LogP contribution is 2.32. The lowest BCUT2D eigenvalue weighted by atomic mass is 9.99. The van der Waals surface area contributed by atoms with Crippen LogP contribution in [0.2, 0.25) is 0 Å². The van der Waals surface area contributed by atoms with E-state index in [9.17, 15) is 0 Å². The first-order valence-corrected chi connectivity index (χ1v) is 8.67. The van der Waals surface area contributed by atoms with Crippen molar-refractivity contribution in [2.24, 2.45) is 0 Å². The van der Waals surface area contributed by atoms with Crippen LogP contribution in [0.25, 0.3) is 0 Å². The molecule has 0 saturated carbocycles. The van der Waals surface area contributed by atoms with Gasteiger partial charge in [0.05, 0.1) is 11.7 Å². The quantitative estimate of drug-likeness (QED) is 0.787. The zero-order valence-corrected chi connectivity index (χ0v) is 14.5. The van der Waals surface area contributed by atoms with Gasteiger partial charge in [0.2, 0.25) is 0 Å². The molecule has 1 aliphatic heterocycles. The number of para-hydroxylation sites is 1. The SMILES string of the molecule is CCC1CN(c2ccccc2I)C(c2ccccc2)CN1. The highest BCUT2D eigenvalue weighted by Gasteiger charge is 2.29. The summed E-state index contributed by atoms with van der Waals surface area (Å²) in [6, 6.07) is 20.5. The number of hydrogen-bond donors (Lipinski definition) is 1. The Morgan fingerprint density at radius 1 is 1.10 bits per heavy atom. The van der Waals surface area contributed by atoms with E-state index in [1.54, 1.807) is 0 Å². The molecule has 21 heavy (non-hydrogen) atoms. The second-order valence-corrected chi connectivity index (χ2v) is 6.71. The molecular weight excluding hydrogens is 371 g/mol. The van der Waals surface area contributed by atoms with Crippen LogP contribution in [0.1, 0.15) is 24.9 Å². The molecule has 2 aromatic carbocycles. The molecule has 2 atom stereocenters. The second kappa shape index (κ2) is 6.79. The molecule has 1 fully saturated rings. The fourth-order valence-corrected chi connectivity index (χ4v) is 3.71. The summed E-state index contributed by atoms with van der Waals surface area (Å²) in [4.78, 5) is 2.57. The topological polar surface area (TPSA) is 15.3 Å². The summed E-state index contributed by atoms with van der Waals surface area (Å²) in [6.07, 6.45) is 1.17. The predicted octanol–water partition coefficient (Wildman–Crippen LogP) is 4.22. The molecule has 110 valence electrons. The minimum absolute atomic E-state index is 0.407. The Morgan fingerprint density at radius 3 is 2.52 bits per heavy atom. The van der Waals surface area contributed by atoms with Crippen LogP contribution in [-0.4, -0.2) is 19.1 Å². The van der Waals surface area contributed by atoms with Crippen molar-refractivity contribution < 1.29 is 0 Å². The molecule has 0 amide bonds. The van der Waals surface area contributed by atoms with Gasteiger partial charge in [-0.05, 0) is 46.7 Å². The van der Waals surface area contributed by atoms with Crippen molar-refractivity contribution in [1.82, 2.24) is 5.32 Å². The number of piperazine rings is 1. The van der Waals surface area contributed by atoms with Gasteiger partial charge >= 0.3 is 0 Å². The molecular formula is C18H21IN2. The maximum atomic E-state index is 3.69. The maximum Gasteiger partial charge on any atom is 0.0668 e. The average molecular weight is 392 g/mol. The van der Waals surface area contributed by atoms with Crippen molar-refractivity contribution in [3.05, 3.63) is 63.7 Å². The fraction of sp³-hybridized carbons (Fsp3) is 0.333.